The van der Waals surface area contributed by atoms with Gasteiger partial charge in [-0.25, -0.2) is 4.79 Å². The van der Waals surface area contributed by atoms with Crippen LogP contribution in [0, 0.1) is 0 Å². The van der Waals surface area contributed by atoms with E-state index in [0.717, 1.165) is 12.0 Å². The zero-order chi connectivity index (χ0) is 28.6. The number of hydrogen-bond donors (Lipinski definition) is 3. The predicted octanol–water partition coefficient (Wildman–Crippen LogP) is 3.24. The molecule has 39 heavy (non-hydrogen) atoms. The van der Waals surface area contributed by atoms with E-state index in [9.17, 15) is 24.3 Å². The molecule has 0 radical (unpaired) electrons. The van der Waals surface area contributed by atoms with Crippen molar-refractivity contribution in [3.05, 3.63) is 65.7 Å². The summed E-state index contributed by atoms with van der Waals surface area (Å²) in [6, 6.07) is 12.8. The summed E-state index contributed by atoms with van der Waals surface area (Å²) in [5.41, 5.74) is 0.218. The van der Waals surface area contributed by atoms with Gasteiger partial charge >= 0.3 is 12.1 Å². The van der Waals surface area contributed by atoms with Crippen molar-refractivity contribution in [2.24, 2.45) is 0 Å². The molecule has 3 rings (SSSR count). The molecule has 10 nitrogen and oxygen atoms in total. The molecule has 1 aliphatic rings. The highest BCUT2D eigenvalue weighted by atomic mass is 16.6. The molecule has 0 aromatic heterocycles. The Morgan fingerprint density at radius 1 is 1.03 bits per heavy atom. The number of esters is 1. The van der Waals surface area contributed by atoms with Gasteiger partial charge in [-0.15, -0.1) is 0 Å². The van der Waals surface area contributed by atoms with Crippen molar-refractivity contribution in [1.29, 1.82) is 0 Å². The number of methoxy groups -OCH3 is 1. The van der Waals surface area contributed by atoms with Crippen LogP contribution < -0.4 is 10.6 Å². The lowest BCUT2D eigenvalue weighted by Crippen LogP contribution is -2.58. The van der Waals surface area contributed by atoms with Gasteiger partial charge in [-0.1, -0.05) is 48.5 Å². The van der Waals surface area contributed by atoms with Crippen molar-refractivity contribution < 1.29 is 33.8 Å². The van der Waals surface area contributed by atoms with Crippen molar-refractivity contribution in [2.45, 2.75) is 70.2 Å². The topological polar surface area (TPSA) is 134 Å². The van der Waals surface area contributed by atoms with Crippen LogP contribution in [0.3, 0.4) is 0 Å². The molecule has 2 aromatic carbocycles. The van der Waals surface area contributed by atoms with Gasteiger partial charge in [-0.2, -0.15) is 0 Å². The van der Waals surface area contributed by atoms with Crippen LogP contribution >= 0.6 is 0 Å². The summed E-state index contributed by atoms with van der Waals surface area (Å²) < 4.78 is 10.1. The van der Waals surface area contributed by atoms with Crippen molar-refractivity contribution in [1.82, 2.24) is 15.5 Å². The van der Waals surface area contributed by atoms with E-state index in [1.54, 1.807) is 39.0 Å². The minimum Gasteiger partial charge on any atom is -0.508 e. The molecule has 210 valence electrons. The largest absolute Gasteiger partial charge is 0.508 e. The van der Waals surface area contributed by atoms with Gasteiger partial charge in [0.1, 0.15) is 30.0 Å². The SMILES string of the molecule is COC(=O)CNC(=O)C(c1ccccc1O)N(C(=O)C(Cc1ccccc1)NC(=O)OC(C)(C)C)C1CCC1. The Labute approximate surface area is 228 Å². The van der Waals surface area contributed by atoms with E-state index >= 15 is 0 Å². The lowest BCUT2D eigenvalue weighted by Gasteiger charge is -2.43. The molecule has 3 N–H and O–H groups in total. The van der Waals surface area contributed by atoms with E-state index in [0.29, 0.717) is 12.8 Å². The Hall–Kier alpha value is -4.08. The van der Waals surface area contributed by atoms with Crippen molar-refractivity contribution in [2.75, 3.05) is 13.7 Å². The van der Waals surface area contributed by atoms with Crippen LogP contribution in [0.15, 0.2) is 54.6 Å². The monoisotopic (exact) mass is 539 g/mol. The van der Waals surface area contributed by atoms with Crippen LogP contribution in [0.1, 0.15) is 57.2 Å². The number of amides is 3. The predicted molar refractivity (Wildman–Crippen MR) is 144 cm³/mol. The van der Waals surface area contributed by atoms with Crippen LogP contribution in [0.5, 0.6) is 5.75 Å². The van der Waals surface area contributed by atoms with Crippen LogP contribution in [-0.4, -0.2) is 65.2 Å². The molecule has 0 saturated heterocycles. The fraction of sp³-hybridized carbons (Fsp3) is 0.448. The Balaban J connectivity index is 2.03. The third-order valence-electron chi connectivity index (χ3n) is 6.39. The molecule has 0 aliphatic heterocycles. The summed E-state index contributed by atoms with van der Waals surface area (Å²) >= 11 is 0. The number of carbonyl (C=O) groups is 4. The highest BCUT2D eigenvalue weighted by Crippen LogP contribution is 2.36. The fourth-order valence-electron chi connectivity index (χ4n) is 4.33. The summed E-state index contributed by atoms with van der Waals surface area (Å²) in [5, 5.41) is 15.9. The van der Waals surface area contributed by atoms with E-state index in [4.69, 9.17) is 4.74 Å². The normalized spacial score (nSPS) is 14.8. The average molecular weight is 540 g/mol. The molecule has 1 aliphatic carbocycles. The number of benzene rings is 2. The van der Waals surface area contributed by atoms with E-state index in [1.807, 2.05) is 30.3 Å². The molecule has 2 unspecified atom stereocenters. The van der Waals surface area contributed by atoms with Crippen LogP contribution in [0.4, 0.5) is 4.79 Å². The third-order valence-corrected chi connectivity index (χ3v) is 6.39. The number of rotatable bonds is 10. The quantitative estimate of drug-likeness (QED) is 0.395. The van der Waals surface area contributed by atoms with Crippen LogP contribution in [0.2, 0.25) is 0 Å². The van der Waals surface area contributed by atoms with E-state index in [2.05, 4.69) is 15.4 Å². The number of phenols is 1. The van der Waals surface area contributed by atoms with Crippen molar-refractivity contribution in [3.63, 3.8) is 0 Å². The molecule has 1 saturated carbocycles. The highest BCUT2D eigenvalue weighted by Gasteiger charge is 2.43. The summed E-state index contributed by atoms with van der Waals surface area (Å²) in [6.07, 6.45) is 1.53. The first-order chi connectivity index (χ1) is 18.5. The first-order valence-corrected chi connectivity index (χ1v) is 13.0. The molecule has 0 heterocycles. The Kier molecular flexibility index (Phi) is 9.92. The summed E-state index contributed by atoms with van der Waals surface area (Å²) in [4.78, 5) is 53.9. The third kappa shape index (κ3) is 8.20. The summed E-state index contributed by atoms with van der Waals surface area (Å²) in [6.45, 7) is 4.76. The number of nitrogens with zero attached hydrogens (tertiary/aromatic N) is 1. The number of ether oxygens (including phenoxy) is 2. The summed E-state index contributed by atoms with van der Waals surface area (Å²) in [5.74, 6) is -1.99. The molecule has 0 spiro atoms. The van der Waals surface area contributed by atoms with Gasteiger partial charge in [0.25, 0.3) is 0 Å². The lowest BCUT2D eigenvalue weighted by molar-refractivity contribution is -0.148. The zero-order valence-corrected chi connectivity index (χ0v) is 22.8. The number of nitrogens with one attached hydrogen (secondary N) is 2. The van der Waals surface area contributed by atoms with E-state index in [-0.39, 0.29) is 23.8 Å². The zero-order valence-electron chi connectivity index (χ0n) is 22.8. The number of alkyl carbamates (subject to hydrolysis) is 1. The molecule has 10 heteroatoms. The maximum Gasteiger partial charge on any atom is 0.408 e. The van der Waals surface area contributed by atoms with E-state index < -0.39 is 48.1 Å². The maximum absolute atomic E-state index is 14.3. The average Bonchev–Trinajstić information content (AvgIpc) is 2.85. The fourth-order valence-corrected chi connectivity index (χ4v) is 4.33. The van der Waals surface area contributed by atoms with Crippen LogP contribution in [-0.2, 0) is 30.3 Å². The Morgan fingerprint density at radius 2 is 1.67 bits per heavy atom. The molecule has 3 amide bonds. The van der Waals surface area contributed by atoms with Gasteiger partial charge in [-0.05, 0) is 51.7 Å². The number of hydrogen-bond acceptors (Lipinski definition) is 7. The highest BCUT2D eigenvalue weighted by molar-refractivity contribution is 5.94. The van der Waals surface area contributed by atoms with Gasteiger partial charge in [0, 0.05) is 18.0 Å². The molecule has 2 aromatic rings. The Morgan fingerprint density at radius 3 is 2.23 bits per heavy atom. The number of aromatic hydroxyl groups is 1. The van der Waals surface area contributed by atoms with Crippen molar-refractivity contribution in [3.8, 4) is 5.75 Å². The van der Waals surface area contributed by atoms with Gasteiger partial charge in [0.05, 0.1) is 7.11 Å². The second kappa shape index (κ2) is 13.1. The van der Waals surface area contributed by atoms with Gasteiger partial charge in [0.15, 0.2) is 0 Å². The number of phenolic OH excluding ortho intramolecular Hbond substituents is 1. The van der Waals surface area contributed by atoms with Gasteiger partial charge < -0.3 is 30.1 Å². The summed E-state index contributed by atoms with van der Waals surface area (Å²) in [7, 11) is 1.20. The number of carbonyl (C=O) groups excluding carboxylic acids is 4. The Bertz CT molecular complexity index is 1160. The second-order valence-corrected chi connectivity index (χ2v) is 10.5. The minimum absolute atomic E-state index is 0.152. The molecular weight excluding hydrogens is 502 g/mol. The maximum atomic E-state index is 14.3. The van der Waals surface area contributed by atoms with Gasteiger partial charge in [-0.3, -0.25) is 14.4 Å². The molecule has 1 fully saturated rings. The van der Waals surface area contributed by atoms with E-state index in [1.165, 1.54) is 18.1 Å². The molecule has 0 bridgehead atoms. The smallest absolute Gasteiger partial charge is 0.408 e. The second-order valence-electron chi connectivity index (χ2n) is 10.5. The minimum atomic E-state index is -1.26. The number of para-hydroxylation sites is 1. The molecule has 2 atom stereocenters. The standard InChI is InChI=1S/C29H37N3O7/c1-29(2,3)39-28(37)31-22(17-19-11-6-5-7-12-19)27(36)32(20-13-10-14-20)25(21-15-8-9-16-23(21)33)26(35)30-18-24(34)38-4/h5-9,11-12,15-16,20,22,25,33H,10,13-14,17-18H2,1-4H3,(H,30,35)(H,31,37). The first-order valence-electron chi connectivity index (χ1n) is 13.0. The first kappa shape index (κ1) is 29.5. The van der Waals surface area contributed by atoms with Crippen molar-refractivity contribution >= 4 is 23.9 Å². The van der Waals surface area contributed by atoms with Crippen LogP contribution in [0.25, 0.3) is 0 Å². The lowest BCUT2D eigenvalue weighted by atomic mass is 9.87. The van der Waals surface area contributed by atoms with Gasteiger partial charge in [0.2, 0.25) is 11.8 Å². The molecular formula is C29H37N3O7.